The normalized spacial score (nSPS) is 17.6. The van der Waals surface area contributed by atoms with E-state index >= 15 is 0 Å². The molecule has 2 atom stereocenters. The maximum atomic E-state index is 13.8. The van der Waals surface area contributed by atoms with Crippen molar-refractivity contribution in [2.24, 2.45) is 24.3 Å². The summed E-state index contributed by atoms with van der Waals surface area (Å²) in [5, 5.41) is 7.15. The Morgan fingerprint density at radius 3 is 2.36 bits per heavy atom. The van der Waals surface area contributed by atoms with Crippen LogP contribution in [0.25, 0.3) is 11.0 Å². The number of benzene rings is 3. The zero-order valence-electron chi connectivity index (χ0n) is 26.1. The third-order valence-corrected chi connectivity index (χ3v) is 9.86. The fraction of sp³-hybridized carbons (Fsp3) is 0.400. The summed E-state index contributed by atoms with van der Waals surface area (Å²) in [6.45, 7) is 12.0. The lowest BCUT2D eigenvalue weighted by Gasteiger charge is -2.26. The summed E-state index contributed by atoms with van der Waals surface area (Å²) in [5.41, 5.74) is 7.34. The van der Waals surface area contributed by atoms with Crippen LogP contribution in [0.4, 0.5) is 11.4 Å². The van der Waals surface area contributed by atoms with Gasteiger partial charge < -0.3 is 20.1 Å². The molecule has 2 aliphatic rings. The van der Waals surface area contributed by atoms with Gasteiger partial charge in [0.2, 0.25) is 5.91 Å². The first-order chi connectivity index (χ1) is 20.8. The van der Waals surface area contributed by atoms with Crippen LogP contribution in [-0.2, 0) is 24.8 Å². The lowest BCUT2D eigenvalue weighted by atomic mass is 9.95. The number of nitrogens with zero attached hydrogens (tertiary/aromatic N) is 3. The molecule has 2 amide bonds. The van der Waals surface area contributed by atoms with E-state index in [9.17, 15) is 9.59 Å². The molecule has 0 bridgehead atoms. The summed E-state index contributed by atoms with van der Waals surface area (Å²) in [6.07, 6.45) is 1.68. The Morgan fingerprint density at radius 2 is 1.70 bits per heavy atom. The third-order valence-electron chi connectivity index (χ3n) is 9.03. The molecule has 3 aromatic carbocycles. The molecule has 1 aliphatic carbocycles. The van der Waals surface area contributed by atoms with Crippen LogP contribution in [0.3, 0.4) is 0 Å². The van der Waals surface area contributed by atoms with E-state index in [0.29, 0.717) is 40.4 Å². The van der Waals surface area contributed by atoms with E-state index in [0.717, 1.165) is 63.6 Å². The first-order valence-corrected chi connectivity index (χ1v) is 15.9. The van der Waals surface area contributed by atoms with Crippen LogP contribution >= 0.6 is 23.2 Å². The molecule has 2 unspecified atom stereocenters. The number of nitrogens with one attached hydrogen (secondary N) is 2. The Morgan fingerprint density at radius 1 is 1.02 bits per heavy atom. The molecular formula is C35H39Cl2N5O2. The molecule has 6 rings (SSSR count). The van der Waals surface area contributed by atoms with Gasteiger partial charge in [0, 0.05) is 49.2 Å². The molecule has 4 aromatic rings. The molecular weight excluding hydrogens is 593 g/mol. The Labute approximate surface area is 268 Å². The second-order valence-electron chi connectivity index (χ2n) is 13.4. The highest BCUT2D eigenvalue weighted by molar-refractivity contribution is 6.36. The van der Waals surface area contributed by atoms with Gasteiger partial charge in [-0.3, -0.25) is 9.59 Å². The Kier molecular flexibility index (Phi) is 7.91. The summed E-state index contributed by atoms with van der Waals surface area (Å²) in [5.74, 6) is 2.02. The van der Waals surface area contributed by atoms with E-state index in [2.05, 4.69) is 27.0 Å². The van der Waals surface area contributed by atoms with E-state index in [4.69, 9.17) is 28.2 Å². The van der Waals surface area contributed by atoms with Crippen LogP contribution in [0.15, 0.2) is 42.5 Å². The van der Waals surface area contributed by atoms with Crippen LogP contribution in [0.2, 0.25) is 10.0 Å². The zero-order chi connectivity index (χ0) is 31.5. The quantitative estimate of drug-likeness (QED) is 0.222. The molecule has 1 aromatic heterocycles. The summed E-state index contributed by atoms with van der Waals surface area (Å²) < 4.78 is 2.09. The Hall–Kier alpha value is -3.55. The monoisotopic (exact) mass is 631 g/mol. The minimum atomic E-state index is -0.503. The standard InChI is InChI=1S/C35H39Cl2N5O2/c1-19-7-10-24(11-8-19)39-33(43)26-14-28-32(20(2)31(26)42-17-22-13-23(22)18-42)41(6)29(40-28)15-25-27(36)12-9-21(30(25)37)16-38-34(44)35(3,4)5/h7-12,14,22-23H,13,15-18H2,1-6H3,(H,38,44)(H,39,43). The number of halogens is 2. The molecule has 1 saturated heterocycles. The fourth-order valence-electron chi connectivity index (χ4n) is 6.33. The maximum absolute atomic E-state index is 13.8. The number of anilines is 2. The average molecular weight is 633 g/mol. The van der Waals surface area contributed by atoms with Crippen molar-refractivity contribution in [2.75, 3.05) is 23.3 Å². The number of fused-ring (bicyclic) bond motifs is 2. The van der Waals surface area contributed by atoms with Gasteiger partial charge >= 0.3 is 0 Å². The van der Waals surface area contributed by atoms with E-state index in [1.165, 1.54) is 6.42 Å². The Bertz CT molecular complexity index is 1780. The molecule has 1 saturated carbocycles. The number of piperidine rings is 1. The van der Waals surface area contributed by atoms with Crippen molar-refractivity contribution in [3.63, 3.8) is 0 Å². The molecule has 0 radical (unpaired) electrons. The number of carbonyl (C=O) groups excluding carboxylic acids is 2. The van der Waals surface area contributed by atoms with E-state index in [1.54, 1.807) is 0 Å². The Balaban J connectivity index is 1.36. The summed E-state index contributed by atoms with van der Waals surface area (Å²) >= 11 is 13.6. The van der Waals surface area contributed by atoms with Gasteiger partial charge in [-0.2, -0.15) is 0 Å². The van der Waals surface area contributed by atoms with Crippen molar-refractivity contribution in [1.82, 2.24) is 14.9 Å². The molecule has 2 heterocycles. The number of hydrogen-bond donors (Lipinski definition) is 2. The van der Waals surface area contributed by atoms with Gasteiger partial charge in [0.15, 0.2) is 0 Å². The SMILES string of the molecule is Cc1ccc(NC(=O)c2cc3nc(Cc4c(Cl)ccc(CNC(=O)C(C)(C)C)c4Cl)n(C)c3c(C)c2N2CC3CC3C2)cc1. The number of aromatic nitrogens is 2. The van der Waals surface area contributed by atoms with Gasteiger partial charge in [0.25, 0.3) is 5.91 Å². The number of hydrogen-bond acceptors (Lipinski definition) is 4. The van der Waals surface area contributed by atoms with E-state index < -0.39 is 5.41 Å². The van der Waals surface area contributed by atoms with Crippen molar-refractivity contribution >= 4 is 57.4 Å². The first kappa shape index (κ1) is 30.5. The summed E-state index contributed by atoms with van der Waals surface area (Å²) in [6, 6.07) is 13.4. The van der Waals surface area contributed by atoms with Gasteiger partial charge in [-0.05, 0) is 73.1 Å². The minimum Gasteiger partial charge on any atom is -0.370 e. The fourth-order valence-corrected chi connectivity index (χ4v) is 6.90. The highest BCUT2D eigenvalue weighted by Gasteiger charge is 2.46. The molecule has 0 spiro atoms. The number of rotatable bonds is 7. The zero-order valence-corrected chi connectivity index (χ0v) is 27.7. The highest BCUT2D eigenvalue weighted by atomic mass is 35.5. The first-order valence-electron chi connectivity index (χ1n) is 15.2. The highest BCUT2D eigenvalue weighted by Crippen LogP contribution is 2.48. The van der Waals surface area contributed by atoms with Gasteiger partial charge in [-0.15, -0.1) is 0 Å². The van der Waals surface area contributed by atoms with Crippen LogP contribution in [0, 0.1) is 31.1 Å². The smallest absolute Gasteiger partial charge is 0.257 e. The largest absolute Gasteiger partial charge is 0.370 e. The number of aryl methyl sites for hydroxylation is 3. The van der Waals surface area contributed by atoms with Crippen molar-refractivity contribution in [1.29, 1.82) is 0 Å². The lowest BCUT2D eigenvalue weighted by Crippen LogP contribution is -2.34. The van der Waals surface area contributed by atoms with E-state index in [1.807, 2.05) is 77.2 Å². The molecule has 1 aliphatic heterocycles. The topological polar surface area (TPSA) is 79.3 Å². The molecule has 2 fully saturated rings. The predicted octanol–water partition coefficient (Wildman–Crippen LogP) is 7.46. The second-order valence-corrected chi connectivity index (χ2v) is 14.2. The second kappa shape index (κ2) is 11.4. The van der Waals surface area contributed by atoms with Gasteiger partial charge in [0.1, 0.15) is 5.82 Å². The minimum absolute atomic E-state index is 0.0516. The van der Waals surface area contributed by atoms with Crippen LogP contribution in [-0.4, -0.2) is 34.5 Å². The molecule has 2 N–H and O–H groups in total. The van der Waals surface area contributed by atoms with Crippen molar-refractivity contribution in [3.8, 4) is 0 Å². The molecule has 230 valence electrons. The number of amides is 2. The molecule has 7 nitrogen and oxygen atoms in total. The van der Waals surface area contributed by atoms with Crippen LogP contribution in [0.1, 0.15) is 65.6 Å². The molecule has 9 heteroatoms. The van der Waals surface area contributed by atoms with Crippen molar-refractivity contribution in [2.45, 2.75) is 54.0 Å². The third kappa shape index (κ3) is 5.80. The lowest BCUT2D eigenvalue weighted by molar-refractivity contribution is -0.128. The van der Waals surface area contributed by atoms with Gasteiger partial charge in [-0.25, -0.2) is 4.98 Å². The van der Waals surface area contributed by atoms with Gasteiger partial charge in [-0.1, -0.05) is 67.7 Å². The van der Waals surface area contributed by atoms with E-state index in [-0.39, 0.29) is 11.8 Å². The van der Waals surface area contributed by atoms with Gasteiger partial charge in [0.05, 0.1) is 27.3 Å². The van der Waals surface area contributed by atoms with Crippen LogP contribution < -0.4 is 15.5 Å². The van der Waals surface area contributed by atoms with Crippen LogP contribution in [0.5, 0.6) is 0 Å². The maximum Gasteiger partial charge on any atom is 0.257 e. The van der Waals surface area contributed by atoms with Crippen molar-refractivity contribution in [3.05, 3.63) is 86.2 Å². The van der Waals surface area contributed by atoms with Crippen molar-refractivity contribution < 1.29 is 9.59 Å². The number of imidazole rings is 1. The summed E-state index contributed by atoms with van der Waals surface area (Å²) in [4.78, 5) is 33.7. The summed E-state index contributed by atoms with van der Waals surface area (Å²) in [7, 11) is 2.00. The number of carbonyl (C=O) groups is 2. The average Bonchev–Trinajstić information content (AvgIpc) is 3.44. The molecule has 44 heavy (non-hydrogen) atoms. The predicted molar refractivity (Wildman–Crippen MR) is 179 cm³/mol.